The zero-order valence-corrected chi connectivity index (χ0v) is 20.4. The van der Waals surface area contributed by atoms with Crippen LogP contribution in [0.2, 0.25) is 0 Å². The molecule has 5 rings (SSSR count). The lowest BCUT2D eigenvalue weighted by Gasteiger charge is -2.33. The van der Waals surface area contributed by atoms with E-state index in [1.54, 1.807) is 28.2 Å². The van der Waals surface area contributed by atoms with Gasteiger partial charge in [0.05, 0.1) is 29.3 Å². The van der Waals surface area contributed by atoms with Gasteiger partial charge in [0.2, 0.25) is 0 Å². The van der Waals surface area contributed by atoms with E-state index in [4.69, 9.17) is 10.7 Å². The summed E-state index contributed by atoms with van der Waals surface area (Å²) in [4.78, 5) is 35.9. The Bertz CT molecular complexity index is 1450. The smallest absolute Gasteiger partial charge is 0.251 e. The minimum atomic E-state index is -1.04. The number of fused-ring (bicyclic) bond motifs is 1. The number of nitrogens with zero attached hydrogens (tertiary/aromatic N) is 7. The van der Waals surface area contributed by atoms with E-state index in [1.807, 2.05) is 25.4 Å². The van der Waals surface area contributed by atoms with Crippen molar-refractivity contribution in [1.82, 2.24) is 34.3 Å². The zero-order chi connectivity index (χ0) is 25.6. The molecule has 1 saturated heterocycles. The van der Waals surface area contributed by atoms with Crippen molar-refractivity contribution in [3.63, 3.8) is 0 Å². The largest absolute Gasteiger partial charge is 0.384 e. The van der Waals surface area contributed by atoms with Crippen molar-refractivity contribution in [3.8, 4) is 22.4 Å². The van der Waals surface area contributed by atoms with Crippen molar-refractivity contribution < 1.29 is 14.7 Å². The van der Waals surface area contributed by atoms with Crippen LogP contribution in [-0.2, 0) is 11.8 Å². The molecule has 11 nitrogen and oxygen atoms in total. The number of carbonyl (C=O) groups is 2. The predicted octanol–water partition coefficient (Wildman–Crippen LogP) is 2.06. The first kappa shape index (κ1) is 23.6. The summed E-state index contributed by atoms with van der Waals surface area (Å²) in [5.41, 5.74) is 11.3. The van der Waals surface area contributed by atoms with Crippen LogP contribution in [0.5, 0.6) is 0 Å². The quantitative estimate of drug-likeness (QED) is 0.406. The topological polar surface area (TPSA) is 145 Å². The number of nitrogen functional groups attached to an aromatic ring is 1. The van der Waals surface area contributed by atoms with Gasteiger partial charge in [0.1, 0.15) is 11.9 Å². The third-order valence-corrected chi connectivity index (χ3v) is 6.69. The first-order chi connectivity index (χ1) is 17.2. The second-order valence-electron chi connectivity index (χ2n) is 9.22. The molecule has 1 aliphatic rings. The SMILES string of the molecule is CC(=O)c1c(C2CCN(C(=O)[C@@H](C)O)CC2)nc2c(-c3ccc(-c4cnn(C)c4)nc3)cnn2c1N. The first-order valence-electron chi connectivity index (χ1n) is 11.8. The van der Waals surface area contributed by atoms with Crippen molar-refractivity contribution >= 4 is 23.2 Å². The molecule has 4 aromatic rings. The van der Waals surface area contributed by atoms with Crippen LogP contribution in [0.15, 0.2) is 36.9 Å². The molecule has 1 aliphatic heterocycles. The molecule has 1 amide bonds. The average Bonchev–Trinajstić information content (AvgIpc) is 3.50. The van der Waals surface area contributed by atoms with Gasteiger partial charge in [-0.25, -0.2) is 4.98 Å². The van der Waals surface area contributed by atoms with E-state index in [1.165, 1.54) is 18.4 Å². The van der Waals surface area contributed by atoms with E-state index < -0.39 is 6.10 Å². The third kappa shape index (κ3) is 4.11. The van der Waals surface area contributed by atoms with Crippen LogP contribution in [0.4, 0.5) is 5.82 Å². The summed E-state index contributed by atoms with van der Waals surface area (Å²) in [7, 11) is 1.86. The molecule has 1 atom stereocenters. The lowest BCUT2D eigenvalue weighted by molar-refractivity contribution is -0.140. The van der Waals surface area contributed by atoms with Crippen molar-refractivity contribution in [2.45, 2.75) is 38.7 Å². The number of aliphatic hydroxyl groups is 1. The van der Waals surface area contributed by atoms with Crippen LogP contribution in [-0.4, -0.2) is 70.3 Å². The standard InChI is InChI=1S/C25H28N8O3/c1-14(34)21-22(16-6-8-32(9-7-16)25(36)15(2)35)30-24-19(12-29-33(24)23(21)26)17-4-5-20(27-10-17)18-11-28-31(3)13-18/h4-5,10-13,15-16,35H,6-9,26H2,1-3H3/t15-/m1/s1. The number of carbonyl (C=O) groups excluding carboxylic acids is 2. The molecule has 0 saturated carbocycles. The monoisotopic (exact) mass is 488 g/mol. The Morgan fingerprint density at radius 2 is 1.86 bits per heavy atom. The summed E-state index contributed by atoms with van der Waals surface area (Å²) < 4.78 is 3.22. The summed E-state index contributed by atoms with van der Waals surface area (Å²) in [5.74, 6) is -0.276. The average molecular weight is 489 g/mol. The van der Waals surface area contributed by atoms with Gasteiger partial charge >= 0.3 is 0 Å². The molecule has 0 aliphatic carbocycles. The fourth-order valence-electron chi connectivity index (χ4n) is 4.81. The number of aryl methyl sites for hydroxylation is 1. The van der Waals surface area contributed by atoms with E-state index in [0.29, 0.717) is 42.8 Å². The fraction of sp³-hybridized carbons (Fsp3) is 0.360. The maximum atomic E-state index is 12.6. The highest BCUT2D eigenvalue weighted by atomic mass is 16.3. The Balaban J connectivity index is 1.52. The van der Waals surface area contributed by atoms with Gasteiger partial charge in [-0.3, -0.25) is 19.3 Å². The number of aromatic nitrogens is 6. The Morgan fingerprint density at radius 1 is 1.11 bits per heavy atom. The second-order valence-corrected chi connectivity index (χ2v) is 9.22. The highest BCUT2D eigenvalue weighted by Crippen LogP contribution is 2.35. The molecule has 3 N–H and O–H groups in total. The number of likely N-dealkylation sites (tertiary alicyclic amines) is 1. The second kappa shape index (κ2) is 9.15. The highest BCUT2D eigenvalue weighted by Gasteiger charge is 2.31. The number of ketones is 1. The normalized spacial score (nSPS) is 15.4. The third-order valence-electron chi connectivity index (χ3n) is 6.69. The molecule has 0 unspecified atom stereocenters. The number of Topliss-reactive ketones (excluding diaryl/α,β-unsaturated/α-hetero) is 1. The van der Waals surface area contributed by atoms with Gasteiger partial charge in [0.25, 0.3) is 5.91 Å². The molecule has 36 heavy (non-hydrogen) atoms. The fourth-order valence-corrected chi connectivity index (χ4v) is 4.81. The molecule has 5 heterocycles. The van der Waals surface area contributed by atoms with Crippen LogP contribution in [0.1, 0.15) is 48.7 Å². The maximum Gasteiger partial charge on any atom is 0.251 e. The van der Waals surface area contributed by atoms with Crippen LogP contribution >= 0.6 is 0 Å². The maximum absolute atomic E-state index is 12.6. The summed E-state index contributed by atoms with van der Waals surface area (Å²) in [6, 6.07) is 3.86. The van der Waals surface area contributed by atoms with Gasteiger partial charge in [-0.1, -0.05) is 6.07 Å². The summed E-state index contributed by atoms with van der Waals surface area (Å²) >= 11 is 0. The number of amides is 1. The zero-order valence-electron chi connectivity index (χ0n) is 20.4. The van der Waals surface area contributed by atoms with Gasteiger partial charge in [-0.15, -0.1) is 0 Å². The molecular weight excluding hydrogens is 460 g/mol. The van der Waals surface area contributed by atoms with Crippen LogP contribution in [0, 0.1) is 0 Å². The van der Waals surface area contributed by atoms with E-state index in [2.05, 4.69) is 15.2 Å². The minimum Gasteiger partial charge on any atom is -0.384 e. The van der Waals surface area contributed by atoms with Gasteiger partial charge < -0.3 is 15.7 Å². The number of pyridine rings is 1. The number of piperidine rings is 1. The molecule has 186 valence electrons. The lowest BCUT2D eigenvalue weighted by atomic mass is 9.89. The molecule has 11 heteroatoms. The molecule has 4 aromatic heterocycles. The predicted molar refractivity (Wildman–Crippen MR) is 133 cm³/mol. The Hall–Kier alpha value is -4.12. The van der Waals surface area contributed by atoms with Crippen molar-refractivity contribution in [3.05, 3.63) is 48.2 Å². The van der Waals surface area contributed by atoms with Crippen LogP contribution in [0.3, 0.4) is 0 Å². The number of aliphatic hydroxyl groups excluding tert-OH is 1. The number of rotatable bonds is 5. The van der Waals surface area contributed by atoms with Crippen molar-refractivity contribution in [2.75, 3.05) is 18.8 Å². The number of anilines is 1. The Labute approximate surface area is 207 Å². The number of hydrogen-bond donors (Lipinski definition) is 2. The van der Waals surface area contributed by atoms with Gasteiger partial charge in [-0.05, 0) is 32.8 Å². The molecule has 0 aromatic carbocycles. The molecule has 0 bridgehead atoms. The molecule has 1 fully saturated rings. The lowest BCUT2D eigenvalue weighted by Crippen LogP contribution is -2.42. The van der Waals surface area contributed by atoms with E-state index in [-0.39, 0.29) is 23.4 Å². The number of nitrogens with two attached hydrogens (primary N) is 1. The van der Waals surface area contributed by atoms with E-state index in [9.17, 15) is 14.7 Å². The van der Waals surface area contributed by atoms with Crippen LogP contribution < -0.4 is 5.73 Å². The van der Waals surface area contributed by atoms with Gasteiger partial charge in [0.15, 0.2) is 11.4 Å². The molecular formula is C25H28N8O3. The van der Waals surface area contributed by atoms with Crippen LogP contribution in [0.25, 0.3) is 28.0 Å². The Morgan fingerprint density at radius 3 is 2.44 bits per heavy atom. The summed E-state index contributed by atoms with van der Waals surface area (Å²) in [6.07, 6.45) is 7.29. The van der Waals surface area contributed by atoms with Crippen molar-refractivity contribution in [1.29, 1.82) is 0 Å². The highest BCUT2D eigenvalue weighted by molar-refractivity contribution is 6.00. The molecule has 0 spiro atoms. The summed E-state index contributed by atoms with van der Waals surface area (Å²) in [6.45, 7) is 3.90. The first-order valence-corrected chi connectivity index (χ1v) is 11.8. The minimum absolute atomic E-state index is 0.0527. The van der Waals surface area contributed by atoms with Crippen molar-refractivity contribution in [2.24, 2.45) is 7.05 Å². The van der Waals surface area contributed by atoms with E-state index in [0.717, 1.165) is 22.4 Å². The van der Waals surface area contributed by atoms with Gasteiger partial charge in [-0.2, -0.15) is 14.7 Å². The number of hydrogen-bond acceptors (Lipinski definition) is 8. The van der Waals surface area contributed by atoms with Gasteiger partial charge in [0, 0.05) is 55.1 Å². The molecule has 0 radical (unpaired) electrons. The Kier molecular flexibility index (Phi) is 6.00. The summed E-state index contributed by atoms with van der Waals surface area (Å²) in [5, 5.41) is 18.3. The van der Waals surface area contributed by atoms with E-state index >= 15 is 0 Å².